The van der Waals surface area contributed by atoms with Gasteiger partial charge in [-0.05, 0) is 61.0 Å². The first-order valence-electron chi connectivity index (χ1n) is 13.6. The summed E-state index contributed by atoms with van der Waals surface area (Å²) >= 11 is 0. The van der Waals surface area contributed by atoms with Crippen LogP contribution < -0.4 is 14.4 Å². The van der Waals surface area contributed by atoms with E-state index in [0.29, 0.717) is 36.7 Å². The molecule has 1 saturated heterocycles. The lowest BCUT2D eigenvalue weighted by molar-refractivity contribution is -0.137. The van der Waals surface area contributed by atoms with Crippen LogP contribution in [0.25, 0.3) is 11.1 Å². The number of nitrogens with zero attached hydrogens (tertiary/aromatic N) is 3. The molecule has 16 heteroatoms. The first-order valence-corrected chi connectivity index (χ1v) is 15.3. The number of nitrogens with one attached hydrogen (secondary N) is 1. The number of carbonyl (C=O) groups excluding carboxylic acids is 2. The molecule has 1 N–H and O–H groups in total. The number of benzene rings is 2. The van der Waals surface area contributed by atoms with Crippen molar-refractivity contribution in [1.29, 1.82) is 0 Å². The molecule has 2 amide bonds. The molecule has 3 aromatic rings. The van der Waals surface area contributed by atoms with Crippen LogP contribution in [-0.4, -0.2) is 74.8 Å². The van der Waals surface area contributed by atoms with Crippen LogP contribution in [-0.2, 0) is 16.2 Å². The summed E-state index contributed by atoms with van der Waals surface area (Å²) in [6.07, 6.45) is -8.18. The number of hydrogen-bond acceptors (Lipinski definition) is 7. The molecule has 1 aliphatic heterocycles. The summed E-state index contributed by atoms with van der Waals surface area (Å²) in [4.78, 5) is 32.9. The number of sulfonamides is 1. The van der Waals surface area contributed by atoms with Gasteiger partial charge < -0.3 is 14.5 Å². The average Bonchev–Trinajstić information content (AvgIpc) is 2.99. The Bertz CT molecular complexity index is 1640. The van der Waals surface area contributed by atoms with Gasteiger partial charge in [0.15, 0.2) is 0 Å². The van der Waals surface area contributed by atoms with E-state index in [1.54, 1.807) is 17.7 Å². The third-order valence-corrected chi connectivity index (χ3v) is 8.07. The number of hydrogen-bond donors (Lipinski definition) is 1. The molecule has 242 valence electrons. The lowest BCUT2D eigenvalue weighted by atomic mass is 9.99. The van der Waals surface area contributed by atoms with Crippen LogP contribution in [0.5, 0.6) is 5.75 Å². The van der Waals surface area contributed by atoms with E-state index < -0.39 is 51.9 Å². The third kappa shape index (κ3) is 9.09. The Hall–Kier alpha value is -4.34. The zero-order valence-corrected chi connectivity index (χ0v) is 24.6. The maximum Gasteiger partial charge on any atom is 0.416 e. The standard InChI is InChI=1S/C29H28F6N4O5S/c1-2-44-25-16-22(17-36-18-25)20-13-21(15-23(14-20)29(33,34)35)27(41)39-10-8-38(9-11-39)24-5-3-19(4-6-24)26(40)37-45(42,43)12-7-28(30,31)32/h3-6,13-18H,2,7-12H2,1H3,(H,37,40). The van der Waals surface area contributed by atoms with Gasteiger partial charge in [0.05, 0.1) is 30.5 Å². The van der Waals surface area contributed by atoms with Gasteiger partial charge in [0.25, 0.3) is 11.8 Å². The molecule has 2 aromatic carbocycles. The summed E-state index contributed by atoms with van der Waals surface area (Å²) in [5.74, 6) is -2.59. The van der Waals surface area contributed by atoms with Gasteiger partial charge in [0, 0.05) is 54.8 Å². The molecule has 4 rings (SSSR count). The van der Waals surface area contributed by atoms with E-state index in [4.69, 9.17) is 4.74 Å². The third-order valence-electron chi connectivity index (χ3n) is 6.83. The summed E-state index contributed by atoms with van der Waals surface area (Å²) in [5.41, 5.74) is -0.107. The Morgan fingerprint density at radius 1 is 0.889 bits per heavy atom. The largest absolute Gasteiger partial charge is 0.492 e. The maximum atomic E-state index is 13.8. The van der Waals surface area contributed by atoms with Gasteiger partial charge in [0.1, 0.15) is 5.75 Å². The predicted molar refractivity (Wildman–Crippen MR) is 152 cm³/mol. The number of piperazine rings is 1. The Morgan fingerprint density at radius 2 is 1.56 bits per heavy atom. The Labute approximate surface area is 254 Å². The van der Waals surface area contributed by atoms with Gasteiger partial charge in [-0.15, -0.1) is 0 Å². The van der Waals surface area contributed by atoms with E-state index in [1.807, 2.05) is 4.90 Å². The monoisotopic (exact) mass is 658 g/mol. The number of anilines is 1. The van der Waals surface area contributed by atoms with Gasteiger partial charge in [-0.25, -0.2) is 13.1 Å². The maximum absolute atomic E-state index is 13.8. The molecule has 1 fully saturated rings. The Kier molecular flexibility index (Phi) is 9.95. The van der Waals surface area contributed by atoms with Crippen molar-refractivity contribution in [2.45, 2.75) is 25.7 Å². The molecule has 0 saturated carbocycles. The fraction of sp³-hybridized carbons (Fsp3) is 0.345. The predicted octanol–water partition coefficient (Wildman–Crippen LogP) is 5.14. The summed E-state index contributed by atoms with van der Waals surface area (Å²) in [7, 11) is -4.50. The van der Waals surface area contributed by atoms with Gasteiger partial charge in [-0.3, -0.25) is 14.6 Å². The van der Waals surface area contributed by atoms with Crippen LogP contribution in [0.3, 0.4) is 0 Å². The molecular weight excluding hydrogens is 630 g/mol. The first-order chi connectivity index (χ1) is 21.0. The van der Waals surface area contributed by atoms with E-state index >= 15 is 0 Å². The fourth-order valence-electron chi connectivity index (χ4n) is 4.58. The lowest BCUT2D eigenvalue weighted by Crippen LogP contribution is -2.48. The SMILES string of the molecule is CCOc1cncc(-c2cc(C(=O)N3CCN(c4ccc(C(=O)NS(=O)(=O)CCC(F)(F)F)cc4)CC3)cc(C(F)(F)F)c2)c1. The summed E-state index contributed by atoms with van der Waals surface area (Å²) in [6.45, 7) is 3.04. The molecule has 0 unspecified atom stereocenters. The molecule has 2 heterocycles. The van der Waals surface area contributed by atoms with Gasteiger partial charge in [-0.2, -0.15) is 26.3 Å². The smallest absolute Gasteiger partial charge is 0.416 e. The molecule has 45 heavy (non-hydrogen) atoms. The normalized spacial score (nSPS) is 14.3. The van der Waals surface area contributed by atoms with Crippen LogP contribution in [0.15, 0.2) is 60.9 Å². The summed E-state index contributed by atoms with van der Waals surface area (Å²) in [6, 6.07) is 10.3. The highest BCUT2D eigenvalue weighted by molar-refractivity contribution is 7.90. The van der Waals surface area contributed by atoms with Gasteiger partial charge in [0.2, 0.25) is 10.0 Å². The minimum atomic E-state index is -4.70. The number of alkyl halides is 6. The van der Waals surface area contributed by atoms with Crippen molar-refractivity contribution >= 4 is 27.5 Å². The molecule has 9 nitrogen and oxygen atoms in total. The van der Waals surface area contributed by atoms with Crippen molar-refractivity contribution in [3.63, 3.8) is 0 Å². The van der Waals surface area contributed by atoms with Crippen molar-refractivity contribution in [3.8, 4) is 16.9 Å². The van der Waals surface area contributed by atoms with E-state index in [1.165, 1.54) is 47.6 Å². The van der Waals surface area contributed by atoms with Crippen LogP contribution in [0.2, 0.25) is 0 Å². The number of aromatic nitrogens is 1. The highest BCUT2D eigenvalue weighted by Gasteiger charge is 2.33. The summed E-state index contributed by atoms with van der Waals surface area (Å²) in [5, 5.41) is 0. The topological polar surface area (TPSA) is 109 Å². The minimum absolute atomic E-state index is 0.0921. The number of ether oxygens (including phenoxy) is 1. The van der Waals surface area contributed by atoms with E-state index in [2.05, 4.69) is 4.98 Å². The second-order valence-corrected chi connectivity index (χ2v) is 11.9. The number of amides is 2. The first kappa shape index (κ1) is 33.6. The number of halogens is 6. The molecule has 1 aliphatic rings. The molecule has 0 atom stereocenters. The molecule has 0 aliphatic carbocycles. The fourth-order valence-corrected chi connectivity index (χ4v) is 5.58. The van der Waals surface area contributed by atoms with Crippen molar-refractivity contribution in [3.05, 3.63) is 77.6 Å². The summed E-state index contributed by atoms with van der Waals surface area (Å²) < 4.78 is 109. The van der Waals surface area contributed by atoms with E-state index in [0.717, 1.165) is 12.1 Å². The Balaban J connectivity index is 1.43. The van der Waals surface area contributed by atoms with Gasteiger partial charge >= 0.3 is 12.4 Å². The van der Waals surface area contributed by atoms with Crippen LogP contribution in [0.4, 0.5) is 32.0 Å². The van der Waals surface area contributed by atoms with Gasteiger partial charge in [-0.1, -0.05) is 0 Å². The van der Waals surface area contributed by atoms with E-state index in [9.17, 15) is 44.3 Å². The van der Waals surface area contributed by atoms with Crippen molar-refractivity contribution < 1.29 is 49.1 Å². The quantitative estimate of drug-likeness (QED) is 0.317. The molecule has 0 bridgehead atoms. The van der Waals surface area contributed by atoms with Crippen molar-refractivity contribution in [2.75, 3.05) is 43.4 Å². The number of pyridine rings is 1. The van der Waals surface area contributed by atoms with Crippen LogP contribution in [0.1, 0.15) is 39.6 Å². The lowest BCUT2D eigenvalue weighted by Gasteiger charge is -2.36. The zero-order valence-electron chi connectivity index (χ0n) is 23.8. The van der Waals surface area contributed by atoms with Crippen molar-refractivity contribution in [2.24, 2.45) is 0 Å². The molecular formula is C29H28F6N4O5S. The highest BCUT2D eigenvalue weighted by atomic mass is 32.2. The molecule has 0 radical (unpaired) electrons. The second kappa shape index (κ2) is 13.3. The van der Waals surface area contributed by atoms with Crippen LogP contribution in [0, 0.1) is 0 Å². The van der Waals surface area contributed by atoms with Crippen LogP contribution >= 0.6 is 0 Å². The molecule has 0 spiro atoms. The highest BCUT2D eigenvalue weighted by Crippen LogP contribution is 2.34. The van der Waals surface area contributed by atoms with E-state index in [-0.39, 0.29) is 29.8 Å². The minimum Gasteiger partial charge on any atom is -0.492 e. The average molecular weight is 659 g/mol. The zero-order chi connectivity index (χ0) is 33.0. The molecule has 1 aromatic heterocycles. The number of carbonyl (C=O) groups is 2. The Morgan fingerprint density at radius 3 is 2.16 bits per heavy atom. The number of rotatable bonds is 9. The second-order valence-electron chi connectivity index (χ2n) is 10.1. The van der Waals surface area contributed by atoms with Crippen molar-refractivity contribution in [1.82, 2.24) is 14.6 Å².